The van der Waals surface area contributed by atoms with Crippen LogP contribution in [-0.2, 0) is 45.8 Å². The minimum Gasteiger partial charge on any atom is -0.379 e. The maximum Gasteiger partial charge on any atom is 0.418 e. The predicted octanol–water partition coefficient (Wildman–Crippen LogP) is 5.49. The van der Waals surface area contributed by atoms with E-state index in [1.54, 1.807) is 12.4 Å². The number of aryl methyl sites for hydroxylation is 1. The Hall–Kier alpha value is -3.78. The van der Waals surface area contributed by atoms with E-state index in [0.717, 1.165) is 35.1 Å². The summed E-state index contributed by atoms with van der Waals surface area (Å²) >= 11 is 0. The van der Waals surface area contributed by atoms with E-state index < -0.39 is 17.4 Å². The van der Waals surface area contributed by atoms with Crippen molar-refractivity contribution in [3.05, 3.63) is 94.2 Å². The second-order valence-corrected chi connectivity index (χ2v) is 13.8. The van der Waals surface area contributed by atoms with Crippen LogP contribution in [0.25, 0.3) is 11.2 Å². The lowest BCUT2D eigenvalue weighted by Gasteiger charge is -2.41. The van der Waals surface area contributed by atoms with Crippen LogP contribution in [-0.4, -0.2) is 79.9 Å². The Bertz CT molecular complexity index is 1830. The minimum atomic E-state index is -4.64. The molecule has 2 saturated heterocycles. The van der Waals surface area contributed by atoms with Gasteiger partial charge < -0.3 is 18.8 Å². The van der Waals surface area contributed by atoms with Crippen LogP contribution in [0.2, 0.25) is 0 Å². The Morgan fingerprint density at radius 1 is 1.10 bits per heavy atom. The molecule has 0 amide bonds. The molecule has 0 aliphatic carbocycles. The zero-order valence-electron chi connectivity index (χ0n) is 28.6. The SMILES string of the molecule is CC/C=C\C(C)(C)OCCOC1CCN(Cc2cc(C(F)(F)F)c3cn(-c4cccc(C5(Cc6nncn6C)COC5)c4)c(=O)n3c2)CC1. The van der Waals surface area contributed by atoms with E-state index in [1.807, 2.05) is 43.7 Å². The zero-order chi connectivity index (χ0) is 34.8. The van der Waals surface area contributed by atoms with E-state index in [0.29, 0.717) is 63.7 Å². The van der Waals surface area contributed by atoms with Crippen molar-refractivity contribution in [1.82, 2.24) is 28.6 Å². The molecule has 2 aliphatic rings. The fraction of sp³-hybridized carbons (Fsp3) is 0.528. The highest BCUT2D eigenvalue weighted by molar-refractivity contribution is 5.58. The number of nitrogens with zero attached hydrogens (tertiary/aromatic N) is 6. The van der Waals surface area contributed by atoms with Crippen molar-refractivity contribution in [2.45, 2.75) is 76.3 Å². The van der Waals surface area contributed by atoms with Gasteiger partial charge in [-0.25, -0.2) is 4.79 Å². The smallest absolute Gasteiger partial charge is 0.379 e. The lowest BCUT2D eigenvalue weighted by molar-refractivity contribution is -0.136. The monoisotopic (exact) mass is 682 g/mol. The van der Waals surface area contributed by atoms with Crippen LogP contribution in [0, 0.1) is 0 Å². The molecule has 0 unspecified atom stereocenters. The molecule has 0 radical (unpaired) electrons. The number of alkyl halides is 3. The summed E-state index contributed by atoms with van der Waals surface area (Å²) in [6.45, 7) is 9.67. The molecule has 0 spiro atoms. The van der Waals surface area contributed by atoms with Crippen LogP contribution in [0.4, 0.5) is 13.2 Å². The summed E-state index contributed by atoms with van der Waals surface area (Å²) in [6.07, 6.45) is 7.09. The number of rotatable bonds is 13. The molecule has 13 heteroatoms. The van der Waals surface area contributed by atoms with Crippen LogP contribution in [0.3, 0.4) is 0 Å². The van der Waals surface area contributed by atoms with Gasteiger partial charge in [-0.05, 0) is 62.4 Å². The Kier molecular flexibility index (Phi) is 10.2. The minimum absolute atomic E-state index is 0.0702. The van der Waals surface area contributed by atoms with Crippen LogP contribution < -0.4 is 5.69 Å². The van der Waals surface area contributed by atoms with Gasteiger partial charge in [0.05, 0.1) is 54.9 Å². The van der Waals surface area contributed by atoms with Crippen molar-refractivity contribution in [3.63, 3.8) is 0 Å². The second kappa shape index (κ2) is 14.2. The first-order chi connectivity index (χ1) is 23.4. The summed E-state index contributed by atoms with van der Waals surface area (Å²) in [6, 6.07) is 8.54. The Morgan fingerprint density at radius 3 is 2.53 bits per heavy atom. The molecular weight excluding hydrogens is 637 g/mol. The van der Waals surface area contributed by atoms with Crippen molar-refractivity contribution >= 4 is 5.52 Å². The van der Waals surface area contributed by atoms with Crippen molar-refractivity contribution in [2.24, 2.45) is 7.05 Å². The maximum atomic E-state index is 14.4. The summed E-state index contributed by atoms with van der Waals surface area (Å²) in [5, 5.41) is 8.20. The van der Waals surface area contributed by atoms with Gasteiger partial charge in [0, 0.05) is 50.9 Å². The zero-order valence-corrected chi connectivity index (χ0v) is 28.6. The van der Waals surface area contributed by atoms with Gasteiger partial charge in [0.2, 0.25) is 0 Å². The Morgan fingerprint density at radius 2 is 1.88 bits per heavy atom. The number of halogens is 3. The summed E-state index contributed by atoms with van der Waals surface area (Å²) in [5.74, 6) is 0.796. The fourth-order valence-electron chi connectivity index (χ4n) is 6.68. The average Bonchev–Trinajstić information content (AvgIpc) is 3.61. The van der Waals surface area contributed by atoms with Gasteiger partial charge in [-0.15, -0.1) is 10.2 Å². The first kappa shape index (κ1) is 35.1. The van der Waals surface area contributed by atoms with Crippen LogP contribution in [0.5, 0.6) is 0 Å². The summed E-state index contributed by atoms with van der Waals surface area (Å²) in [4.78, 5) is 15.9. The molecule has 0 atom stereocenters. The van der Waals surface area contributed by atoms with Crippen molar-refractivity contribution < 1.29 is 27.4 Å². The molecule has 49 heavy (non-hydrogen) atoms. The first-order valence-corrected chi connectivity index (χ1v) is 16.9. The molecule has 264 valence electrons. The third kappa shape index (κ3) is 7.85. The average molecular weight is 683 g/mol. The van der Waals surface area contributed by atoms with Gasteiger partial charge >= 0.3 is 11.9 Å². The molecule has 0 saturated carbocycles. The molecule has 2 aliphatic heterocycles. The number of pyridine rings is 1. The summed E-state index contributed by atoms with van der Waals surface area (Å²) < 4.78 is 65.2. The number of hydrogen-bond acceptors (Lipinski definition) is 7. The fourth-order valence-corrected chi connectivity index (χ4v) is 6.68. The summed E-state index contributed by atoms with van der Waals surface area (Å²) in [5.41, 5.74) is -0.470. The van der Waals surface area contributed by atoms with E-state index in [1.165, 1.54) is 23.0 Å². The van der Waals surface area contributed by atoms with Gasteiger partial charge in [-0.2, -0.15) is 13.2 Å². The lowest BCUT2D eigenvalue weighted by Crippen LogP contribution is -2.49. The number of aromatic nitrogens is 5. The van der Waals surface area contributed by atoms with Crippen molar-refractivity contribution in [2.75, 3.05) is 39.5 Å². The lowest BCUT2D eigenvalue weighted by atomic mass is 9.75. The molecule has 3 aromatic heterocycles. The topological polar surface area (TPSA) is 88.1 Å². The molecule has 0 bridgehead atoms. The van der Waals surface area contributed by atoms with E-state index in [-0.39, 0.29) is 22.6 Å². The second-order valence-electron chi connectivity index (χ2n) is 13.8. The van der Waals surface area contributed by atoms with Gasteiger partial charge in [0.1, 0.15) is 12.2 Å². The highest BCUT2D eigenvalue weighted by Gasteiger charge is 2.42. The Labute approximate surface area is 284 Å². The number of hydrogen-bond donors (Lipinski definition) is 0. The molecule has 0 N–H and O–H groups in total. The van der Waals surface area contributed by atoms with Crippen LogP contribution in [0.15, 0.2) is 66.0 Å². The highest BCUT2D eigenvalue weighted by Crippen LogP contribution is 2.37. The standard InChI is InChI=1S/C36H45F3N6O4/c1-5-6-12-34(2,3)49-16-15-48-29-10-13-43(14-11-29)20-26-17-30(36(37,38)39)31-22-44(33(46)45(31)21-26)28-9-7-8-27(18-28)35(23-47-24-35)19-32-41-40-25-42(32)4/h6-9,12,17-18,21-22,25,29H,5,10-11,13-16,19-20,23-24H2,1-4H3/b12-6-. The third-order valence-electron chi connectivity index (χ3n) is 9.53. The number of piperidine rings is 1. The number of imidazole rings is 1. The van der Waals surface area contributed by atoms with E-state index in [2.05, 4.69) is 34.2 Å². The van der Waals surface area contributed by atoms with Crippen molar-refractivity contribution in [1.29, 1.82) is 0 Å². The van der Waals surface area contributed by atoms with E-state index in [4.69, 9.17) is 14.2 Å². The normalized spacial score (nSPS) is 17.7. The molecule has 1 aromatic carbocycles. The molecule has 10 nitrogen and oxygen atoms in total. The van der Waals surface area contributed by atoms with Crippen LogP contribution >= 0.6 is 0 Å². The highest BCUT2D eigenvalue weighted by atomic mass is 19.4. The van der Waals surface area contributed by atoms with E-state index >= 15 is 0 Å². The number of likely N-dealkylation sites (tertiary alicyclic amines) is 1. The van der Waals surface area contributed by atoms with Gasteiger partial charge in [0.25, 0.3) is 0 Å². The Balaban J connectivity index is 1.16. The van der Waals surface area contributed by atoms with Crippen LogP contribution in [0.1, 0.15) is 62.5 Å². The number of ether oxygens (including phenoxy) is 3. The van der Waals surface area contributed by atoms with E-state index in [9.17, 15) is 18.0 Å². The predicted molar refractivity (Wildman–Crippen MR) is 179 cm³/mol. The number of allylic oxidation sites excluding steroid dienone is 1. The largest absolute Gasteiger partial charge is 0.418 e. The number of benzene rings is 1. The molecule has 4 aromatic rings. The molecule has 5 heterocycles. The van der Waals surface area contributed by atoms with Gasteiger partial charge in [-0.1, -0.05) is 31.2 Å². The van der Waals surface area contributed by atoms with Gasteiger partial charge in [0.15, 0.2) is 0 Å². The van der Waals surface area contributed by atoms with Gasteiger partial charge in [-0.3, -0.25) is 13.9 Å². The molecular formula is C36H45F3N6O4. The summed E-state index contributed by atoms with van der Waals surface area (Å²) in [7, 11) is 1.88. The number of fused-ring (bicyclic) bond motifs is 1. The molecule has 6 rings (SSSR count). The quantitative estimate of drug-likeness (QED) is 0.136. The first-order valence-electron chi connectivity index (χ1n) is 16.9. The maximum absolute atomic E-state index is 14.4. The third-order valence-corrected chi connectivity index (χ3v) is 9.53. The molecule has 2 fully saturated rings. The van der Waals surface area contributed by atoms with Crippen molar-refractivity contribution in [3.8, 4) is 5.69 Å².